The van der Waals surface area contributed by atoms with Crippen LogP contribution in [0.25, 0.3) is 0 Å². The van der Waals surface area contributed by atoms with Gasteiger partial charge in [0.2, 0.25) is 17.7 Å². The molecule has 7 rings (SSSR count). The molecule has 4 amide bonds. The molecular formula is C29H39FN6O4. The quantitative estimate of drug-likeness (QED) is 0.526. The maximum absolute atomic E-state index is 13.9. The molecule has 6 aliphatic heterocycles. The molecule has 1 aromatic carbocycles. The highest BCUT2D eigenvalue weighted by atomic mass is 19.1. The van der Waals surface area contributed by atoms with Crippen LogP contribution in [-0.2, 0) is 14.4 Å². The Balaban J connectivity index is 1.24. The molecule has 11 heteroatoms. The van der Waals surface area contributed by atoms with Gasteiger partial charge in [-0.25, -0.2) is 4.39 Å². The molecule has 1 aromatic rings. The zero-order valence-electron chi connectivity index (χ0n) is 22.9. The minimum atomic E-state index is -0.770. The van der Waals surface area contributed by atoms with Crippen molar-refractivity contribution >= 4 is 23.6 Å². The van der Waals surface area contributed by atoms with Crippen molar-refractivity contribution in [1.82, 2.24) is 30.2 Å². The number of nitrogens with one attached hydrogen (secondary N) is 2. The summed E-state index contributed by atoms with van der Waals surface area (Å²) in [7, 11) is 0. The lowest BCUT2D eigenvalue weighted by molar-refractivity contribution is -0.140. The second-order valence-electron chi connectivity index (χ2n) is 12.0. The van der Waals surface area contributed by atoms with E-state index < -0.39 is 17.4 Å². The van der Waals surface area contributed by atoms with Crippen LogP contribution in [0.5, 0.6) is 0 Å². The first-order valence-corrected chi connectivity index (χ1v) is 14.7. The van der Waals surface area contributed by atoms with Crippen LogP contribution in [0.15, 0.2) is 24.3 Å². The van der Waals surface area contributed by atoms with Gasteiger partial charge in [0.15, 0.2) is 0 Å². The number of amides is 4. The van der Waals surface area contributed by atoms with Gasteiger partial charge < -0.3 is 25.3 Å². The number of hydrogen-bond donors (Lipinski definition) is 2. The molecule has 0 saturated carbocycles. The summed E-state index contributed by atoms with van der Waals surface area (Å²) in [6.07, 6.45) is 4.46. The number of benzene rings is 1. The molecule has 6 aliphatic rings. The van der Waals surface area contributed by atoms with E-state index in [1.807, 2.05) is 4.90 Å². The van der Waals surface area contributed by atoms with E-state index in [9.17, 15) is 23.6 Å². The van der Waals surface area contributed by atoms with Crippen molar-refractivity contribution in [1.29, 1.82) is 0 Å². The summed E-state index contributed by atoms with van der Waals surface area (Å²) in [5.41, 5.74) is -0.350. The summed E-state index contributed by atoms with van der Waals surface area (Å²) in [5.74, 6) is -0.624. The van der Waals surface area contributed by atoms with Crippen molar-refractivity contribution in [3.63, 3.8) is 0 Å². The smallest absolute Gasteiger partial charge is 0.253 e. The Bertz CT molecular complexity index is 1150. The first-order valence-electron chi connectivity index (χ1n) is 14.7. The van der Waals surface area contributed by atoms with Gasteiger partial charge in [0.25, 0.3) is 5.91 Å². The minimum absolute atomic E-state index is 0.0322. The van der Waals surface area contributed by atoms with Gasteiger partial charge in [-0.3, -0.25) is 24.1 Å². The summed E-state index contributed by atoms with van der Waals surface area (Å²) in [5, 5.41) is 6.66. The van der Waals surface area contributed by atoms with Gasteiger partial charge in [0.05, 0.1) is 18.0 Å². The fourth-order valence-corrected chi connectivity index (χ4v) is 7.29. The molecule has 6 saturated heterocycles. The third kappa shape index (κ3) is 5.33. The fourth-order valence-electron chi connectivity index (χ4n) is 7.29. The van der Waals surface area contributed by atoms with Crippen LogP contribution >= 0.6 is 0 Å². The van der Waals surface area contributed by atoms with Crippen LogP contribution in [0.3, 0.4) is 0 Å². The Morgan fingerprint density at radius 3 is 2.35 bits per heavy atom. The second kappa shape index (κ2) is 11.1. The van der Waals surface area contributed by atoms with Crippen molar-refractivity contribution in [2.24, 2.45) is 0 Å². The molecule has 4 bridgehead atoms. The first-order chi connectivity index (χ1) is 19.3. The summed E-state index contributed by atoms with van der Waals surface area (Å²) in [6.45, 7) is 4.36. The van der Waals surface area contributed by atoms with Crippen molar-refractivity contribution in [2.75, 3.05) is 52.4 Å². The number of hydrogen-bond acceptors (Lipinski definition) is 6. The molecular weight excluding hydrogens is 515 g/mol. The van der Waals surface area contributed by atoms with Crippen LogP contribution in [0, 0.1) is 5.82 Å². The number of fused-ring (bicyclic) bond motifs is 4. The Morgan fingerprint density at radius 1 is 0.900 bits per heavy atom. The Hall–Kier alpha value is -3.05. The molecule has 0 radical (unpaired) electrons. The number of piperidine rings is 2. The molecule has 0 aromatic heterocycles. The van der Waals surface area contributed by atoms with E-state index in [1.54, 1.807) is 9.80 Å². The number of halogens is 1. The predicted molar refractivity (Wildman–Crippen MR) is 145 cm³/mol. The molecule has 2 atom stereocenters. The van der Waals surface area contributed by atoms with Crippen molar-refractivity contribution < 1.29 is 23.6 Å². The zero-order chi connectivity index (χ0) is 27.9. The standard InChI is InChI=1S/C29H39FN6O4/c30-21-5-3-20(4-6-21)27(39)34-15-9-29(10-16-34)18-25(37)35-17-11-31-23(19-35)28(40)33-13-7-22(8-14-33)36-12-1-2-24(36)26(38)32-29/h3-6,22-24,31H,1-2,7-19H2,(H,32,38)/t23-,24+/m1/s1. The molecule has 6 fully saturated rings. The number of rotatable bonds is 1. The second-order valence-corrected chi connectivity index (χ2v) is 12.0. The average Bonchev–Trinajstić information content (AvgIpc) is 3.47. The van der Waals surface area contributed by atoms with E-state index in [1.165, 1.54) is 24.3 Å². The summed E-state index contributed by atoms with van der Waals surface area (Å²) in [6, 6.07) is 5.12. The molecule has 0 aliphatic carbocycles. The molecule has 0 unspecified atom stereocenters. The van der Waals surface area contributed by atoms with Gasteiger partial charge in [0.1, 0.15) is 11.9 Å². The maximum atomic E-state index is 13.9. The summed E-state index contributed by atoms with van der Waals surface area (Å²) < 4.78 is 13.4. The SMILES string of the molecule is O=C1NC2(CCN(C(=O)c3ccc(F)cc3)CC2)CC(=O)N2CCN[C@H](C2)C(=O)N2CCC(CC2)N2CCC[C@@H]12. The first kappa shape index (κ1) is 27.1. The topological polar surface area (TPSA) is 105 Å². The Labute approximate surface area is 234 Å². The van der Waals surface area contributed by atoms with Gasteiger partial charge in [0, 0.05) is 57.4 Å². The number of piperazine rings is 1. The van der Waals surface area contributed by atoms with E-state index >= 15 is 0 Å². The predicted octanol–water partition coefficient (Wildman–Crippen LogP) is 0.576. The monoisotopic (exact) mass is 554 g/mol. The van der Waals surface area contributed by atoms with Crippen molar-refractivity contribution in [3.05, 3.63) is 35.6 Å². The van der Waals surface area contributed by atoms with Crippen LogP contribution in [0.4, 0.5) is 4.39 Å². The lowest BCUT2D eigenvalue weighted by Crippen LogP contribution is -2.62. The fraction of sp³-hybridized carbons (Fsp3) is 0.655. The molecule has 10 nitrogen and oxygen atoms in total. The number of carbonyl (C=O) groups is 4. The van der Waals surface area contributed by atoms with Gasteiger partial charge >= 0.3 is 0 Å². The number of nitrogens with zero attached hydrogens (tertiary/aromatic N) is 4. The van der Waals surface area contributed by atoms with Crippen LogP contribution in [0.1, 0.15) is 55.3 Å². The van der Waals surface area contributed by atoms with Crippen LogP contribution < -0.4 is 10.6 Å². The Morgan fingerprint density at radius 2 is 1.62 bits per heavy atom. The van der Waals surface area contributed by atoms with Gasteiger partial charge in [-0.15, -0.1) is 0 Å². The maximum Gasteiger partial charge on any atom is 0.253 e. The van der Waals surface area contributed by atoms with Crippen LogP contribution in [-0.4, -0.2) is 119 Å². The van der Waals surface area contributed by atoms with Gasteiger partial charge in [-0.2, -0.15) is 0 Å². The van der Waals surface area contributed by atoms with Gasteiger partial charge in [-0.1, -0.05) is 0 Å². The molecule has 40 heavy (non-hydrogen) atoms. The highest BCUT2D eigenvalue weighted by Crippen LogP contribution is 2.32. The van der Waals surface area contributed by atoms with E-state index in [0.717, 1.165) is 32.2 Å². The molecule has 216 valence electrons. The average molecular weight is 555 g/mol. The summed E-state index contributed by atoms with van der Waals surface area (Å²) >= 11 is 0. The molecule has 1 spiro atoms. The van der Waals surface area contributed by atoms with E-state index in [2.05, 4.69) is 15.5 Å². The normalized spacial score (nSPS) is 28.3. The number of likely N-dealkylation sites (tertiary alicyclic amines) is 1. The van der Waals surface area contributed by atoms with E-state index in [0.29, 0.717) is 64.2 Å². The highest BCUT2D eigenvalue weighted by molar-refractivity contribution is 5.94. The summed E-state index contributed by atoms with van der Waals surface area (Å²) in [4.78, 5) is 61.7. The largest absolute Gasteiger partial charge is 0.349 e. The minimum Gasteiger partial charge on any atom is -0.349 e. The zero-order valence-corrected chi connectivity index (χ0v) is 22.9. The van der Waals surface area contributed by atoms with Crippen LogP contribution in [0.2, 0.25) is 0 Å². The Kier molecular flexibility index (Phi) is 7.52. The number of carbonyl (C=O) groups excluding carboxylic acids is 4. The lowest BCUT2D eigenvalue weighted by atomic mass is 9.83. The van der Waals surface area contributed by atoms with Gasteiger partial charge in [-0.05, 0) is 69.3 Å². The molecule has 6 heterocycles. The lowest BCUT2D eigenvalue weighted by Gasteiger charge is -2.44. The van der Waals surface area contributed by atoms with E-state index in [4.69, 9.17) is 0 Å². The third-order valence-corrected chi connectivity index (χ3v) is 9.65. The van der Waals surface area contributed by atoms with Crippen molar-refractivity contribution in [2.45, 2.75) is 68.6 Å². The van der Waals surface area contributed by atoms with Crippen molar-refractivity contribution in [3.8, 4) is 0 Å². The van der Waals surface area contributed by atoms with E-state index in [-0.39, 0.29) is 42.1 Å². The highest BCUT2D eigenvalue weighted by Gasteiger charge is 2.45. The molecule has 2 N–H and O–H groups in total. The third-order valence-electron chi connectivity index (χ3n) is 9.65.